The third kappa shape index (κ3) is 4.85. The van der Waals surface area contributed by atoms with Crippen molar-refractivity contribution in [2.45, 2.75) is 20.0 Å². The van der Waals surface area contributed by atoms with Crippen molar-refractivity contribution in [1.82, 2.24) is 9.80 Å². The Morgan fingerprint density at radius 2 is 1.50 bits per heavy atom. The van der Waals surface area contributed by atoms with Crippen molar-refractivity contribution < 1.29 is 5.11 Å². The van der Waals surface area contributed by atoms with Crippen LogP contribution in [0.4, 0.5) is 0 Å². The normalized spacial score (nSPS) is 19.4. The van der Waals surface area contributed by atoms with Crippen LogP contribution in [0.5, 0.6) is 0 Å². The van der Waals surface area contributed by atoms with Crippen LogP contribution < -0.4 is 0 Å². The van der Waals surface area contributed by atoms with E-state index in [4.69, 9.17) is 0 Å². The summed E-state index contributed by atoms with van der Waals surface area (Å²) >= 11 is 3.42. The van der Waals surface area contributed by atoms with Crippen LogP contribution >= 0.6 is 15.9 Å². The summed E-state index contributed by atoms with van der Waals surface area (Å²) in [6, 6.07) is 7.95. The van der Waals surface area contributed by atoms with E-state index in [0.717, 1.165) is 48.7 Å². The maximum Gasteiger partial charge on any atom is 0.0916 e. The van der Waals surface area contributed by atoms with Crippen molar-refractivity contribution in [3.05, 3.63) is 34.3 Å². The fourth-order valence-corrected chi connectivity index (χ4v) is 2.97. The molecule has 1 N–H and O–H groups in total. The standard InChI is InChI=1S/C16H25BrN2O/c1-13(2)11-18-7-9-19(10-8-18)12-16(20)14-3-5-15(17)6-4-14/h3-6,13,16,20H,7-12H2,1-2H3. The molecule has 1 aromatic rings. The summed E-state index contributed by atoms with van der Waals surface area (Å²) in [5.74, 6) is 0.731. The average molecular weight is 341 g/mol. The van der Waals surface area contributed by atoms with Crippen molar-refractivity contribution >= 4 is 15.9 Å². The Hall–Kier alpha value is -0.420. The highest BCUT2D eigenvalue weighted by molar-refractivity contribution is 9.10. The van der Waals surface area contributed by atoms with Gasteiger partial charge in [-0.3, -0.25) is 4.90 Å². The largest absolute Gasteiger partial charge is 0.387 e. The SMILES string of the molecule is CC(C)CN1CCN(CC(O)c2ccc(Br)cc2)CC1. The first-order valence-corrected chi connectivity index (χ1v) is 8.22. The van der Waals surface area contributed by atoms with E-state index >= 15 is 0 Å². The molecule has 112 valence electrons. The first kappa shape index (κ1) is 16.0. The summed E-state index contributed by atoms with van der Waals surface area (Å²) in [4.78, 5) is 4.89. The number of β-amino-alcohol motifs (C(OH)–C–C–N with tert-alkyl or cyclic N) is 1. The third-order valence-corrected chi connectivity index (χ3v) is 4.30. The van der Waals surface area contributed by atoms with Crippen LogP contribution in [0.2, 0.25) is 0 Å². The summed E-state index contributed by atoms with van der Waals surface area (Å²) in [7, 11) is 0. The van der Waals surface area contributed by atoms with Crippen molar-refractivity contribution in [2.75, 3.05) is 39.3 Å². The minimum absolute atomic E-state index is 0.389. The van der Waals surface area contributed by atoms with Crippen molar-refractivity contribution in [3.8, 4) is 0 Å². The van der Waals surface area contributed by atoms with Crippen molar-refractivity contribution in [2.24, 2.45) is 5.92 Å². The van der Waals surface area contributed by atoms with E-state index in [9.17, 15) is 5.11 Å². The molecular formula is C16H25BrN2O. The molecular weight excluding hydrogens is 316 g/mol. The van der Waals surface area contributed by atoms with Crippen LogP contribution in [-0.4, -0.2) is 54.2 Å². The molecule has 0 saturated carbocycles. The van der Waals surface area contributed by atoms with E-state index in [1.165, 1.54) is 6.54 Å². The van der Waals surface area contributed by atoms with Gasteiger partial charge in [0, 0.05) is 43.7 Å². The maximum atomic E-state index is 10.3. The molecule has 20 heavy (non-hydrogen) atoms. The van der Waals surface area contributed by atoms with Crippen molar-refractivity contribution in [3.63, 3.8) is 0 Å². The van der Waals surface area contributed by atoms with Gasteiger partial charge in [0.25, 0.3) is 0 Å². The summed E-state index contributed by atoms with van der Waals surface area (Å²) in [6.45, 7) is 10.8. The number of nitrogens with zero attached hydrogens (tertiary/aromatic N) is 2. The number of hydrogen-bond donors (Lipinski definition) is 1. The lowest BCUT2D eigenvalue weighted by molar-refractivity contribution is 0.0687. The Balaban J connectivity index is 1.79. The number of aliphatic hydroxyl groups excluding tert-OH is 1. The second-order valence-electron chi connectivity index (χ2n) is 6.06. The lowest BCUT2D eigenvalue weighted by Crippen LogP contribution is -2.48. The monoisotopic (exact) mass is 340 g/mol. The lowest BCUT2D eigenvalue weighted by atomic mass is 10.1. The Labute approximate surface area is 130 Å². The zero-order chi connectivity index (χ0) is 14.5. The van der Waals surface area contributed by atoms with Gasteiger partial charge in [-0.05, 0) is 23.6 Å². The van der Waals surface area contributed by atoms with Gasteiger partial charge in [0.2, 0.25) is 0 Å². The summed E-state index contributed by atoms with van der Waals surface area (Å²) < 4.78 is 1.05. The van der Waals surface area contributed by atoms with Crippen LogP contribution in [0.1, 0.15) is 25.5 Å². The number of piperazine rings is 1. The molecule has 0 radical (unpaired) electrons. The van der Waals surface area contributed by atoms with Crippen LogP contribution in [0.25, 0.3) is 0 Å². The van der Waals surface area contributed by atoms with Crippen LogP contribution in [0.15, 0.2) is 28.7 Å². The Morgan fingerprint density at radius 1 is 1.00 bits per heavy atom. The highest BCUT2D eigenvalue weighted by Gasteiger charge is 2.20. The van der Waals surface area contributed by atoms with E-state index in [2.05, 4.69) is 39.6 Å². The Morgan fingerprint density at radius 3 is 2.00 bits per heavy atom. The van der Waals surface area contributed by atoms with Gasteiger partial charge in [-0.25, -0.2) is 0 Å². The molecule has 3 nitrogen and oxygen atoms in total. The lowest BCUT2D eigenvalue weighted by Gasteiger charge is -2.36. The van der Waals surface area contributed by atoms with Gasteiger partial charge in [0.15, 0.2) is 0 Å². The quantitative estimate of drug-likeness (QED) is 0.892. The molecule has 1 heterocycles. The van der Waals surface area contributed by atoms with Crippen molar-refractivity contribution in [1.29, 1.82) is 0 Å². The number of hydrogen-bond acceptors (Lipinski definition) is 3. The topological polar surface area (TPSA) is 26.7 Å². The number of benzene rings is 1. The van der Waals surface area contributed by atoms with E-state index in [1.54, 1.807) is 0 Å². The predicted molar refractivity (Wildman–Crippen MR) is 86.8 cm³/mol. The van der Waals surface area contributed by atoms with Gasteiger partial charge >= 0.3 is 0 Å². The summed E-state index contributed by atoms with van der Waals surface area (Å²) in [5.41, 5.74) is 0.998. The van der Waals surface area contributed by atoms with E-state index in [1.807, 2.05) is 24.3 Å². The Bertz CT molecular complexity index is 399. The van der Waals surface area contributed by atoms with Crippen LogP contribution in [-0.2, 0) is 0 Å². The molecule has 4 heteroatoms. The van der Waals surface area contributed by atoms with E-state index < -0.39 is 0 Å². The highest BCUT2D eigenvalue weighted by atomic mass is 79.9. The van der Waals surface area contributed by atoms with Gasteiger partial charge in [0.1, 0.15) is 0 Å². The minimum atomic E-state index is -0.389. The fraction of sp³-hybridized carbons (Fsp3) is 0.625. The maximum absolute atomic E-state index is 10.3. The first-order valence-electron chi connectivity index (χ1n) is 7.43. The fourth-order valence-electron chi connectivity index (χ4n) is 2.71. The number of aliphatic hydroxyl groups is 1. The van der Waals surface area contributed by atoms with E-state index in [0.29, 0.717) is 0 Å². The number of rotatable bonds is 5. The zero-order valence-corrected chi connectivity index (χ0v) is 14.0. The molecule has 1 unspecified atom stereocenters. The zero-order valence-electron chi connectivity index (χ0n) is 12.4. The molecule has 1 aliphatic rings. The molecule has 1 aliphatic heterocycles. The molecule has 0 aromatic heterocycles. The average Bonchev–Trinajstić information content (AvgIpc) is 2.41. The van der Waals surface area contributed by atoms with Crippen LogP contribution in [0.3, 0.4) is 0 Å². The summed E-state index contributed by atoms with van der Waals surface area (Å²) in [6.07, 6.45) is -0.389. The molecule has 0 aliphatic carbocycles. The smallest absolute Gasteiger partial charge is 0.0916 e. The highest BCUT2D eigenvalue weighted by Crippen LogP contribution is 2.18. The van der Waals surface area contributed by atoms with Gasteiger partial charge in [-0.15, -0.1) is 0 Å². The molecule has 2 rings (SSSR count). The van der Waals surface area contributed by atoms with Gasteiger partial charge in [0.05, 0.1) is 6.10 Å². The molecule has 1 atom stereocenters. The number of halogens is 1. The van der Waals surface area contributed by atoms with Gasteiger partial charge < -0.3 is 10.0 Å². The molecule has 0 spiro atoms. The first-order chi connectivity index (χ1) is 9.54. The minimum Gasteiger partial charge on any atom is -0.387 e. The third-order valence-electron chi connectivity index (χ3n) is 3.77. The second kappa shape index (κ2) is 7.55. The van der Waals surface area contributed by atoms with Crippen LogP contribution in [0, 0.1) is 5.92 Å². The molecule has 1 fully saturated rings. The Kier molecular flexibility index (Phi) is 6.02. The van der Waals surface area contributed by atoms with E-state index in [-0.39, 0.29) is 6.10 Å². The molecule has 0 amide bonds. The predicted octanol–water partition coefficient (Wildman–Crippen LogP) is 2.76. The molecule has 0 bridgehead atoms. The summed E-state index contributed by atoms with van der Waals surface area (Å²) in [5, 5.41) is 10.3. The second-order valence-corrected chi connectivity index (χ2v) is 6.98. The van der Waals surface area contributed by atoms with Gasteiger partial charge in [-0.2, -0.15) is 0 Å². The molecule has 1 saturated heterocycles. The molecule has 1 aromatic carbocycles. The van der Waals surface area contributed by atoms with Gasteiger partial charge in [-0.1, -0.05) is 41.9 Å².